The number of alkyl carbamates (subject to hydrolysis) is 1. The van der Waals surface area contributed by atoms with Crippen LogP contribution in [-0.2, 0) is 35.2 Å². The summed E-state index contributed by atoms with van der Waals surface area (Å²) in [5, 5.41) is 28.5. The quantitative estimate of drug-likeness (QED) is 0.224. The zero-order valence-corrected chi connectivity index (χ0v) is 27.2. The first-order valence-corrected chi connectivity index (χ1v) is 15.9. The first-order valence-electron chi connectivity index (χ1n) is 15.9. The van der Waals surface area contributed by atoms with Gasteiger partial charge in [0.1, 0.15) is 5.60 Å². The number of carbonyl (C=O) groups is 2. The van der Waals surface area contributed by atoms with Crippen LogP contribution in [-0.4, -0.2) is 71.6 Å². The maximum atomic E-state index is 14.0. The summed E-state index contributed by atoms with van der Waals surface area (Å²) in [6.07, 6.45) is -0.139. The molecule has 4 N–H and O–H groups in total. The first kappa shape index (κ1) is 34.2. The number of benzene rings is 3. The van der Waals surface area contributed by atoms with Crippen molar-refractivity contribution in [1.82, 2.24) is 15.5 Å². The fraction of sp³-hybridized carbons (Fsp3) is 0.459. The minimum Gasteiger partial charge on any atom is -0.444 e. The highest BCUT2D eigenvalue weighted by Gasteiger charge is 2.35. The molecule has 0 aromatic heterocycles. The van der Waals surface area contributed by atoms with Crippen molar-refractivity contribution in [3.8, 4) is 0 Å². The highest BCUT2D eigenvalue weighted by molar-refractivity contribution is 5.80. The van der Waals surface area contributed by atoms with Crippen LogP contribution in [0.3, 0.4) is 0 Å². The van der Waals surface area contributed by atoms with E-state index < -0.39 is 41.9 Å². The van der Waals surface area contributed by atoms with Gasteiger partial charge in [-0.15, -0.1) is 0 Å². The molecule has 0 fully saturated rings. The van der Waals surface area contributed by atoms with E-state index in [4.69, 9.17) is 4.74 Å². The third-order valence-electron chi connectivity index (χ3n) is 8.22. The Bertz CT molecular complexity index is 1390. The summed E-state index contributed by atoms with van der Waals surface area (Å²) in [6.45, 7) is 6.31. The fourth-order valence-corrected chi connectivity index (χ4v) is 5.85. The van der Waals surface area contributed by atoms with Gasteiger partial charge in [-0.2, -0.15) is 0 Å². The van der Waals surface area contributed by atoms with Gasteiger partial charge in [-0.05, 0) is 88.4 Å². The number of amides is 2. The van der Waals surface area contributed by atoms with Gasteiger partial charge in [-0.3, -0.25) is 4.79 Å². The van der Waals surface area contributed by atoms with Crippen molar-refractivity contribution in [3.05, 3.63) is 107 Å². The molecule has 1 aliphatic carbocycles. The molecule has 3 aromatic rings. The Labute approximate surface area is 267 Å². The third-order valence-corrected chi connectivity index (χ3v) is 8.22. The molecule has 8 nitrogen and oxygen atoms in total. The van der Waals surface area contributed by atoms with Crippen LogP contribution in [0.5, 0.6) is 0 Å². The molecule has 0 aliphatic heterocycles. The molecule has 4 rings (SSSR count). The first-order chi connectivity index (χ1) is 21.4. The van der Waals surface area contributed by atoms with Gasteiger partial charge in [-0.1, -0.05) is 78.9 Å². The van der Waals surface area contributed by atoms with Crippen LogP contribution >= 0.6 is 0 Å². The standard InChI is InChI=1S/C37H49N3O5/c1-37(2,3)45-36(44)38-31(22-26-11-7-6-8-12-26)32(41)24-29(21-27-17-15-25(16-18-27)19-20-40(4)5)35(43)39-34-30-14-10-9-13-28(30)23-33(34)42/h6-18,29,31-34,41-42H,19-24H2,1-5H3,(H,38,44)(H,39,43)/t29-,31+,32+,33-,34+/m1/s1. The number of rotatable bonds is 13. The highest BCUT2D eigenvalue weighted by Crippen LogP contribution is 2.32. The molecule has 0 heterocycles. The van der Waals surface area contributed by atoms with Crippen molar-refractivity contribution < 1.29 is 24.5 Å². The van der Waals surface area contributed by atoms with Gasteiger partial charge < -0.3 is 30.5 Å². The number of likely N-dealkylation sites (N-methyl/N-ethyl adjacent to an activating group) is 1. The van der Waals surface area contributed by atoms with Crippen molar-refractivity contribution in [2.24, 2.45) is 5.92 Å². The molecule has 2 amide bonds. The molecule has 0 saturated heterocycles. The van der Waals surface area contributed by atoms with Gasteiger partial charge in [0.05, 0.1) is 24.3 Å². The predicted molar refractivity (Wildman–Crippen MR) is 177 cm³/mol. The fourth-order valence-electron chi connectivity index (χ4n) is 5.85. The van der Waals surface area contributed by atoms with E-state index >= 15 is 0 Å². The molecule has 45 heavy (non-hydrogen) atoms. The Balaban J connectivity index is 1.56. The SMILES string of the molecule is CN(C)CCc1ccc(C[C@H](C[C@H](O)[C@H](Cc2ccccc2)NC(=O)OC(C)(C)C)C(=O)N[C@H]2c3ccccc3C[C@H]2O)cc1. The minimum absolute atomic E-state index is 0.103. The number of carbonyl (C=O) groups excluding carboxylic acids is 2. The number of hydrogen-bond donors (Lipinski definition) is 4. The number of nitrogens with one attached hydrogen (secondary N) is 2. The van der Waals surface area contributed by atoms with Crippen LogP contribution in [0.2, 0.25) is 0 Å². The molecular weight excluding hydrogens is 566 g/mol. The van der Waals surface area contributed by atoms with Gasteiger partial charge in [-0.25, -0.2) is 4.79 Å². The minimum atomic E-state index is -1.05. The van der Waals surface area contributed by atoms with Crippen molar-refractivity contribution in [2.45, 2.75) is 82.8 Å². The second kappa shape index (κ2) is 15.5. The molecule has 0 bridgehead atoms. The molecular formula is C37H49N3O5. The van der Waals surface area contributed by atoms with E-state index in [1.807, 2.05) is 80.8 Å². The third kappa shape index (κ3) is 10.4. The van der Waals surface area contributed by atoms with Gasteiger partial charge in [0.2, 0.25) is 5.91 Å². The molecule has 242 valence electrons. The molecule has 8 heteroatoms. The molecule has 5 atom stereocenters. The van der Waals surface area contributed by atoms with Crippen molar-refractivity contribution in [2.75, 3.05) is 20.6 Å². The number of aliphatic hydroxyl groups is 2. The molecule has 0 unspecified atom stereocenters. The number of hydrogen-bond acceptors (Lipinski definition) is 6. The van der Waals surface area contributed by atoms with Gasteiger partial charge in [0.15, 0.2) is 0 Å². The zero-order chi connectivity index (χ0) is 32.6. The average molecular weight is 616 g/mol. The van der Waals surface area contributed by atoms with Crippen LogP contribution < -0.4 is 10.6 Å². The van der Waals surface area contributed by atoms with E-state index in [0.29, 0.717) is 19.3 Å². The molecule has 0 radical (unpaired) electrons. The van der Waals surface area contributed by atoms with Crippen LogP contribution in [0, 0.1) is 5.92 Å². The Kier molecular flexibility index (Phi) is 11.8. The Morgan fingerprint density at radius 2 is 1.53 bits per heavy atom. The van der Waals surface area contributed by atoms with E-state index in [1.54, 1.807) is 20.8 Å². The molecule has 0 saturated carbocycles. The van der Waals surface area contributed by atoms with Gasteiger partial charge in [0.25, 0.3) is 0 Å². The average Bonchev–Trinajstić information content (AvgIpc) is 3.30. The number of fused-ring (bicyclic) bond motifs is 1. The Morgan fingerprint density at radius 1 is 0.911 bits per heavy atom. The van der Waals surface area contributed by atoms with Crippen LogP contribution in [0.25, 0.3) is 0 Å². The number of ether oxygens (including phenoxy) is 1. The monoisotopic (exact) mass is 615 g/mol. The largest absolute Gasteiger partial charge is 0.444 e. The van der Waals surface area contributed by atoms with Crippen molar-refractivity contribution in [3.63, 3.8) is 0 Å². The van der Waals surface area contributed by atoms with Crippen LogP contribution in [0.1, 0.15) is 61.1 Å². The lowest BCUT2D eigenvalue weighted by Gasteiger charge is -2.30. The van der Waals surface area contributed by atoms with E-state index in [1.165, 1.54) is 5.56 Å². The zero-order valence-electron chi connectivity index (χ0n) is 27.2. The van der Waals surface area contributed by atoms with E-state index in [-0.39, 0.29) is 12.3 Å². The summed E-state index contributed by atoms with van der Waals surface area (Å²) < 4.78 is 5.51. The highest BCUT2D eigenvalue weighted by atomic mass is 16.6. The molecule has 0 spiro atoms. The van der Waals surface area contributed by atoms with Crippen molar-refractivity contribution in [1.29, 1.82) is 0 Å². The normalized spacial score (nSPS) is 18.1. The van der Waals surface area contributed by atoms with Gasteiger partial charge in [0, 0.05) is 18.9 Å². The molecule has 3 aromatic carbocycles. The maximum Gasteiger partial charge on any atom is 0.407 e. The van der Waals surface area contributed by atoms with E-state index in [9.17, 15) is 19.8 Å². The van der Waals surface area contributed by atoms with Gasteiger partial charge >= 0.3 is 6.09 Å². The summed E-state index contributed by atoms with van der Waals surface area (Å²) in [5.74, 6) is -0.867. The Morgan fingerprint density at radius 3 is 2.20 bits per heavy atom. The second-order valence-electron chi connectivity index (χ2n) is 13.5. The topological polar surface area (TPSA) is 111 Å². The lowest BCUT2D eigenvalue weighted by Crippen LogP contribution is -2.48. The summed E-state index contributed by atoms with van der Waals surface area (Å²) in [7, 11) is 4.09. The summed E-state index contributed by atoms with van der Waals surface area (Å²) >= 11 is 0. The van der Waals surface area contributed by atoms with E-state index in [2.05, 4.69) is 27.7 Å². The summed E-state index contributed by atoms with van der Waals surface area (Å²) in [5.41, 5.74) is 4.36. The molecule has 1 aliphatic rings. The summed E-state index contributed by atoms with van der Waals surface area (Å²) in [6, 6.07) is 24.4. The number of nitrogens with zero attached hydrogens (tertiary/aromatic N) is 1. The number of aliphatic hydroxyl groups excluding tert-OH is 2. The lowest BCUT2D eigenvalue weighted by atomic mass is 9.88. The smallest absolute Gasteiger partial charge is 0.407 e. The van der Waals surface area contributed by atoms with Crippen LogP contribution in [0.15, 0.2) is 78.9 Å². The van der Waals surface area contributed by atoms with Crippen molar-refractivity contribution >= 4 is 12.0 Å². The second-order valence-corrected chi connectivity index (χ2v) is 13.5. The lowest BCUT2D eigenvalue weighted by molar-refractivity contribution is -0.127. The summed E-state index contributed by atoms with van der Waals surface area (Å²) in [4.78, 5) is 29.0. The Hall–Kier alpha value is -3.72. The predicted octanol–water partition coefficient (Wildman–Crippen LogP) is 4.61. The maximum absolute atomic E-state index is 14.0. The van der Waals surface area contributed by atoms with E-state index in [0.717, 1.165) is 35.2 Å². The van der Waals surface area contributed by atoms with Crippen LogP contribution in [0.4, 0.5) is 4.79 Å².